The molecule has 3 rings (SSSR count). The zero-order valence-electron chi connectivity index (χ0n) is 13.7. The summed E-state index contributed by atoms with van der Waals surface area (Å²) in [5.74, 6) is 0.714. The fourth-order valence-electron chi connectivity index (χ4n) is 3.61. The number of carbonyl (C=O) groups is 1. The average Bonchev–Trinajstić information content (AvgIpc) is 2.52. The Bertz CT molecular complexity index is 483. The molecule has 0 bridgehead atoms. The molecular formula is C19H28N2O. The highest BCUT2D eigenvalue weighted by Gasteiger charge is 2.32. The van der Waals surface area contributed by atoms with Crippen LogP contribution in [0.2, 0.25) is 0 Å². The second-order valence-corrected chi connectivity index (χ2v) is 6.91. The summed E-state index contributed by atoms with van der Waals surface area (Å²) >= 11 is 0. The first kappa shape index (κ1) is 15.5. The molecule has 1 saturated heterocycles. The number of hydrogen-bond acceptors (Lipinski definition) is 2. The lowest BCUT2D eigenvalue weighted by atomic mass is 9.84. The number of likely N-dealkylation sites (tertiary alicyclic amines) is 1. The highest BCUT2D eigenvalue weighted by atomic mass is 16.2. The summed E-state index contributed by atoms with van der Waals surface area (Å²) in [6, 6.07) is 11.1. The molecule has 1 heterocycles. The van der Waals surface area contributed by atoms with Crippen LogP contribution in [0.5, 0.6) is 0 Å². The molecule has 1 aromatic rings. The zero-order valence-corrected chi connectivity index (χ0v) is 13.7. The summed E-state index contributed by atoms with van der Waals surface area (Å²) in [6.45, 7) is 3.32. The summed E-state index contributed by atoms with van der Waals surface area (Å²) in [5.41, 5.74) is 1.41. The maximum atomic E-state index is 12.4. The summed E-state index contributed by atoms with van der Waals surface area (Å²) in [5, 5.41) is 0. The van der Waals surface area contributed by atoms with Gasteiger partial charge in [0.05, 0.1) is 0 Å². The molecule has 0 spiro atoms. The zero-order chi connectivity index (χ0) is 15.4. The van der Waals surface area contributed by atoms with Crippen molar-refractivity contribution in [3.63, 3.8) is 0 Å². The number of likely N-dealkylation sites (N-methyl/N-ethyl adjacent to an activating group) is 1. The Hall–Kier alpha value is -1.35. The molecule has 1 saturated carbocycles. The maximum absolute atomic E-state index is 12.4. The van der Waals surface area contributed by atoms with Crippen LogP contribution in [-0.2, 0) is 11.2 Å². The van der Waals surface area contributed by atoms with Crippen molar-refractivity contribution in [2.24, 2.45) is 5.92 Å². The van der Waals surface area contributed by atoms with Gasteiger partial charge < -0.3 is 9.80 Å². The van der Waals surface area contributed by atoms with Gasteiger partial charge >= 0.3 is 0 Å². The largest absolute Gasteiger partial charge is 0.341 e. The Morgan fingerprint density at radius 2 is 1.95 bits per heavy atom. The predicted molar refractivity (Wildman–Crippen MR) is 89.7 cm³/mol. The van der Waals surface area contributed by atoms with E-state index in [-0.39, 0.29) is 0 Å². The van der Waals surface area contributed by atoms with Crippen LogP contribution < -0.4 is 0 Å². The molecular weight excluding hydrogens is 272 g/mol. The van der Waals surface area contributed by atoms with Crippen LogP contribution >= 0.6 is 0 Å². The van der Waals surface area contributed by atoms with Crippen molar-refractivity contribution in [1.29, 1.82) is 0 Å². The van der Waals surface area contributed by atoms with Crippen LogP contribution in [0.25, 0.3) is 0 Å². The molecule has 1 aliphatic heterocycles. The Morgan fingerprint density at radius 1 is 1.18 bits per heavy atom. The Kier molecular flexibility index (Phi) is 5.14. The minimum atomic E-state index is 0.324. The smallest absolute Gasteiger partial charge is 0.225 e. The van der Waals surface area contributed by atoms with Gasteiger partial charge in [-0.15, -0.1) is 0 Å². The molecule has 1 unspecified atom stereocenters. The summed E-state index contributed by atoms with van der Waals surface area (Å²) in [4.78, 5) is 17.0. The maximum Gasteiger partial charge on any atom is 0.225 e. The normalized spacial score (nSPS) is 23.0. The van der Waals surface area contributed by atoms with Gasteiger partial charge in [0.1, 0.15) is 0 Å². The molecule has 1 aliphatic carbocycles. The first-order chi connectivity index (χ1) is 10.7. The van der Waals surface area contributed by atoms with E-state index in [2.05, 4.69) is 40.1 Å². The number of amides is 1. The van der Waals surface area contributed by atoms with Crippen LogP contribution in [0.1, 0.15) is 37.7 Å². The summed E-state index contributed by atoms with van der Waals surface area (Å²) in [7, 11) is 2.02. The third-order valence-electron chi connectivity index (χ3n) is 5.39. The van der Waals surface area contributed by atoms with Crippen LogP contribution in [0.15, 0.2) is 30.3 Å². The van der Waals surface area contributed by atoms with Crippen molar-refractivity contribution in [2.45, 2.75) is 44.6 Å². The quantitative estimate of drug-likeness (QED) is 0.834. The monoisotopic (exact) mass is 300 g/mol. The van der Waals surface area contributed by atoms with Crippen LogP contribution in [-0.4, -0.2) is 48.4 Å². The van der Waals surface area contributed by atoms with Crippen molar-refractivity contribution >= 4 is 5.91 Å². The minimum absolute atomic E-state index is 0.324. The van der Waals surface area contributed by atoms with Gasteiger partial charge in [-0.1, -0.05) is 36.8 Å². The Balaban J connectivity index is 1.49. The van der Waals surface area contributed by atoms with E-state index in [1.807, 2.05) is 7.05 Å². The van der Waals surface area contributed by atoms with Gasteiger partial charge in [-0.2, -0.15) is 0 Å². The third kappa shape index (κ3) is 3.70. The topological polar surface area (TPSA) is 23.6 Å². The molecule has 1 aromatic carbocycles. The molecule has 0 aromatic heterocycles. The van der Waals surface area contributed by atoms with E-state index in [0.717, 1.165) is 38.8 Å². The SMILES string of the molecule is CN(C(=O)C1CCC1)C1CCCN(CCc2ccccc2)C1. The van der Waals surface area contributed by atoms with E-state index >= 15 is 0 Å². The van der Waals surface area contributed by atoms with Crippen LogP contribution in [0.3, 0.4) is 0 Å². The van der Waals surface area contributed by atoms with Gasteiger partial charge in [-0.25, -0.2) is 0 Å². The molecule has 120 valence electrons. The van der Waals surface area contributed by atoms with Crippen molar-refractivity contribution in [1.82, 2.24) is 9.80 Å². The lowest BCUT2D eigenvalue weighted by Gasteiger charge is -2.40. The average molecular weight is 300 g/mol. The van der Waals surface area contributed by atoms with E-state index in [4.69, 9.17) is 0 Å². The first-order valence-corrected chi connectivity index (χ1v) is 8.77. The second kappa shape index (κ2) is 7.28. The van der Waals surface area contributed by atoms with Crippen LogP contribution in [0.4, 0.5) is 0 Å². The molecule has 1 atom stereocenters. The Morgan fingerprint density at radius 3 is 2.64 bits per heavy atom. The van der Waals surface area contributed by atoms with E-state index in [1.54, 1.807) is 0 Å². The van der Waals surface area contributed by atoms with Gasteiger partial charge in [0.2, 0.25) is 5.91 Å². The molecule has 1 amide bonds. The van der Waals surface area contributed by atoms with E-state index < -0.39 is 0 Å². The number of rotatable bonds is 5. The van der Waals surface area contributed by atoms with Gasteiger partial charge in [0, 0.05) is 32.1 Å². The molecule has 0 radical (unpaired) electrons. The highest BCUT2D eigenvalue weighted by Crippen LogP contribution is 2.29. The lowest BCUT2D eigenvalue weighted by Crippen LogP contribution is -2.51. The van der Waals surface area contributed by atoms with Gasteiger partial charge in [0.15, 0.2) is 0 Å². The third-order valence-corrected chi connectivity index (χ3v) is 5.39. The van der Waals surface area contributed by atoms with Crippen molar-refractivity contribution < 1.29 is 4.79 Å². The van der Waals surface area contributed by atoms with Gasteiger partial charge in [0.25, 0.3) is 0 Å². The fourth-order valence-corrected chi connectivity index (χ4v) is 3.61. The second-order valence-electron chi connectivity index (χ2n) is 6.91. The molecule has 2 aliphatic rings. The molecule has 0 N–H and O–H groups in total. The van der Waals surface area contributed by atoms with Crippen LogP contribution in [0, 0.1) is 5.92 Å². The van der Waals surface area contributed by atoms with Gasteiger partial charge in [-0.3, -0.25) is 4.79 Å². The molecule has 3 nitrogen and oxygen atoms in total. The number of benzene rings is 1. The summed E-state index contributed by atoms with van der Waals surface area (Å²) < 4.78 is 0. The number of hydrogen-bond donors (Lipinski definition) is 0. The predicted octanol–water partition coefficient (Wildman–Crippen LogP) is 2.95. The molecule has 22 heavy (non-hydrogen) atoms. The molecule has 3 heteroatoms. The van der Waals surface area contributed by atoms with E-state index in [1.165, 1.54) is 24.9 Å². The number of piperidine rings is 1. The summed E-state index contributed by atoms with van der Waals surface area (Å²) in [6.07, 6.45) is 6.92. The lowest BCUT2D eigenvalue weighted by molar-refractivity contribution is -0.140. The number of carbonyl (C=O) groups excluding carboxylic acids is 1. The Labute approximate surface area is 134 Å². The first-order valence-electron chi connectivity index (χ1n) is 8.77. The van der Waals surface area contributed by atoms with E-state index in [0.29, 0.717) is 17.9 Å². The van der Waals surface area contributed by atoms with Crippen molar-refractivity contribution in [3.05, 3.63) is 35.9 Å². The number of nitrogens with zero attached hydrogens (tertiary/aromatic N) is 2. The fraction of sp³-hybridized carbons (Fsp3) is 0.632. The standard InChI is InChI=1S/C19H28N2O/c1-20(19(22)17-9-5-10-17)18-11-6-13-21(15-18)14-12-16-7-3-2-4-8-16/h2-4,7-8,17-18H,5-6,9-15H2,1H3. The van der Waals surface area contributed by atoms with Crippen molar-refractivity contribution in [3.8, 4) is 0 Å². The van der Waals surface area contributed by atoms with Gasteiger partial charge in [-0.05, 0) is 44.2 Å². The van der Waals surface area contributed by atoms with E-state index in [9.17, 15) is 4.79 Å². The molecule has 2 fully saturated rings. The minimum Gasteiger partial charge on any atom is -0.341 e. The highest BCUT2D eigenvalue weighted by molar-refractivity contribution is 5.79. The van der Waals surface area contributed by atoms with Crippen molar-refractivity contribution in [2.75, 3.05) is 26.7 Å².